The van der Waals surface area contributed by atoms with Crippen molar-refractivity contribution in [3.05, 3.63) is 23.2 Å². The number of anilines is 1. The van der Waals surface area contributed by atoms with Gasteiger partial charge in [-0.15, -0.1) is 11.3 Å². The lowest BCUT2D eigenvalue weighted by atomic mass is 10.2. The molecule has 0 unspecified atom stereocenters. The summed E-state index contributed by atoms with van der Waals surface area (Å²) >= 11 is 1.43. The predicted molar refractivity (Wildman–Crippen MR) is 49.7 cm³/mol. The quantitative estimate of drug-likeness (QED) is 0.713. The van der Waals surface area contributed by atoms with Crippen LogP contribution in [-0.2, 0) is 11.2 Å². The lowest BCUT2D eigenvalue weighted by molar-refractivity contribution is 0.564. The number of rotatable bonds is 4. The van der Waals surface area contributed by atoms with Gasteiger partial charge in [0.25, 0.3) is 0 Å². The lowest BCUT2D eigenvalue weighted by Crippen LogP contribution is -1.86. The molecular weight excluding hydrogens is 172 g/mol. The Morgan fingerprint density at radius 3 is 3.17 bits per heavy atom. The first-order chi connectivity index (χ1) is 5.83. The molecule has 1 rings (SSSR count). The maximum absolute atomic E-state index is 9.77. The van der Waals surface area contributed by atoms with Crippen LogP contribution >= 0.6 is 11.3 Å². The van der Waals surface area contributed by atoms with Crippen molar-refractivity contribution >= 4 is 22.8 Å². The maximum atomic E-state index is 9.77. The average Bonchev–Trinajstić information content (AvgIpc) is 2.45. The molecule has 4 heteroatoms. The van der Waals surface area contributed by atoms with Crippen molar-refractivity contribution in [2.24, 2.45) is 0 Å². The van der Waals surface area contributed by atoms with E-state index in [1.807, 2.05) is 5.38 Å². The van der Waals surface area contributed by atoms with Gasteiger partial charge in [-0.05, 0) is 18.9 Å². The Balaban J connectivity index is 2.33. The number of carbonyl (C=O) groups excluding carboxylic acids is 1. The zero-order valence-corrected chi connectivity index (χ0v) is 7.30. The van der Waals surface area contributed by atoms with Gasteiger partial charge < -0.3 is 5.73 Å². The Morgan fingerprint density at radius 1 is 1.75 bits per heavy atom. The number of aromatic nitrogens is 1. The molecule has 0 aliphatic heterocycles. The molecule has 1 heterocycles. The van der Waals surface area contributed by atoms with Gasteiger partial charge in [-0.1, -0.05) is 6.08 Å². The highest BCUT2D eigenvalue weighted by molar-refractivity contribution is 7.13. The topological polar surface area (TPSA) is 56.0 Å². The molecule has 0 amide bonds. The maximum Gasteiger partial charge on any atom is 0.225 e. The van der Waals surface area contributed by atoms with Crippen LogP contribution in [0.4, 0.5) is 5.13 Å². The molecule has 0 aliphatic rings. The van der Waals surface area contributed by atoms with Crippen LogP contribution in [0.3, 0.4) is 0 Å². The first-order valence-corrected chi connectivity index (χ1v) is 4.43. The third-order valence-corrected chi connectivity index (χ3v) is 2.05. The number of nitrogens with zero attached hydrogens (tertiary/aromatic N) is 1. The van der Waals surface area contributed by atoms with Crippen molar-refractivity contribution in [3.63, 3.8) is 0 Å². The van der Waals surface area contributed by atoms with Crippen LogP contribution < -0.4 is 5.73 Å². The highest BCUT2D eigenvalue weighted by Gasteiger charge is 1.95. The second-order valence-corrected chi connectivity index (χ2v) is 3.13. The van der Waals surface area contributed by atoms with Gasteiger partial charge >= 0.3 is 0 Å². The van der Waals surface area contributed by atoms with Crippen molar-refractivity contribution in [1.29, 1.82) is 0 Å². The molecule has 1 aromatic rings. The molecular formula is C8H9N2OS. The molecule has 1 radical (unpaired) electrons. The summed E-state index contributed by atoms with van der Waals surface area (Å²) in [5.41, 5.74) is 6.42. The van der Waals surface area contributed by atoms with Crippen LogP contribution in [0.1, 0.15) is 12.1 Å². The fraction of sp³-hybridized carbons (Fsp3) is 0.250. The van der Waals surface area contributed by atoms with Crippen LogP contribution in [0.2, 0.25) is 0 Å². The first-order valence-electron chi connectivity index (χ1n) is 3.55. The molecule has 12 heavy (non-hydrogen) atoms. The lowest BCUT2D eigenvalue weighted by Gasteiger charge is -1.88. The number of nitrogen functional groups attached to an aromatic ring is 1. The molecule has 63 valence electrons. The Kier molecular flexibility index (Phi) is 3.47. The molecule has 0 bridgehead atoms. The van der Waals surface area contributed by atoms with E-state index in [2.05, 4.69) is 4.98 Å². The molecule has 0 atom stereocenters. The van der Waals surface area contributed by atoms with Gasteiger partial charge in [0, 0.05) is 5.38 Å². The Bertz CT molecular complexity index is 280. The monoisotopic (exact) mass is 181 g/mol. The van der Waals surface area contributed by atoms with Gasteiger partial charge in [-0.2, -0.15) is 0 Å². The van der Waals surface area contributed by atoms with Crippen LogP contribution in [-0.4, -0.2) is 11.3 Å². The standard InChI is InChI=1S/C8H9N2OS/c9-8-10-7(6-12-8)4-2-1-3-5-11/h1,3,6H,2,4H2,(H2,9,10). The summed E-state index contributed by atoms with van der Waals surface area (Å²) in [4.78, 5) is 13.8. The zero-order chi connectivity index (χ0) is 8.81. The molecule has 0 aliphatic carbocycles. The Labute approximate surface area is 74.9 Å². The Morgan fingerprint density at radius 2 is 2.58 bits per heavy atom. The number of hydrogen-bond acceptors (Lipinski definition) is 4. The summed E-state index contributed by atoms with van der Waals surface area (Å²) in [6.07, 6.45) is 6.45. The molecule has 1 aromatic heterocycles. The summed E-state index contributed by atoms with van der Waals surface area (Å²) in [7, 11) is 0. The van der Waals surface area contributed by atoms with Gasteiger partial charge in [0.05, 0.1) is 5.69 Å². The molecule has 3 nitrogen and oxygen atoms in total. The fourth-order valence-corrected chi connectivity index (χ4v) is 1.40. The van der Waals surface area contributed by atoms with Crippen molar-refractivity contribution in [1.82, 2.24) is 4.98 Å². The van der Waals surface area contributed by atoms with E-state index in [1.54, 1.807) is 12.4 Å². The summed E-state index contributed by atoms with van der Waals surface area (Å²) in [5, 5.41) is 2.52. The van der Waals surface area contributed by atoms with Crippen LogP contribution in [0.25, 0.3) is 0 Å². The molecule has 0 aromatic carbocycles. The molecule has 2 N–H and O–H groups in total. The van der Waals surface area contributed by atoms with Crippen LogP contribution in [0, 0.1) is 0 Å². The van der Waals surface area contributed by atoms with Crippen molar-refractivity contribution in [2.45, 2.75) is 12.8 Å². The Hall–Kier alpha value is -1.16. The minimum absolute atomic E-state index is 0.593. The van der Waals surface area contributed by atoms with E-state index >= 15 is 0 Å². The van der Waals surface area contributed by atoms with Gasteiger partial charge in [0.2, 0.25) is 6.29 Å². The number of thiazole rings is 1. The summed E-state index contributed by atoms with van der Waals surface area (Å²) < 4.78 is 0. The van der Waals surface area contributed by atoms with Crippen LogP contribution in [0.5, 0.6) is 0 Å². The number of aryl methyl sites for hydroxylation is 1. The molecule has 0 fully saturated rings. The SMILES string of the molecule is Nc1nc(CCC=C[C]=O)cs1. The van der Waals surface area contributed by atoms with E-state index in [0.717, 1.165) is 18.5 Å². The largest absolute Gasteiger partial charge is 0.375 e. The number of hydrogen-bond donors (Lipinski definition) is 1. The van der Waals surface area contributed by atoms with E-state index in [0.29, 0.717) is 5.13 Å². The van der Waals surface area contributed by atoms with Crippen molar-refractivity contribution in [2.75, 3.05) is 5.73 Å². The highest BCUT2D eigenvalue weighted by atomic mass is 32.1. The van der Waals surface area contributed by atoms with E-state index in [9.17, 15) is 4.79 Å². The summed E-state index contributed by atoms with van der Waals surface area (Å²) in [5.74, 6) is 0. The number of nitrogens with two attached hydrogens (primary N) is 1. The second kappa shape index (κ2) is 4.66. The van der Waals surface area contributed by atoms with Crippen molar-refractivity contribution < 1.29 is 4.79 Å². The smallest absolute Gasteiger partial charge is 0.225 e. The van der Waals surface area contributed by atoms with E-state index < -0.39 is 0 Å². The van der Waals surface area contributed by atoms with Crippen LogP contribution in [0.15, 0.2) is 17.5 Å². The minimum atomic E-state index is 0.593. The zero-order valence-electron chi connectivity index (χ0n) is 6.49. The second-order valence-electron chi connectivity index (χ2n) is 2.24. The molecule has 0 spiro atoms. The third kappa shape index (κ3) is 2.84. The number of allylic oxidation sites excluding steroid dienone is 2. The highest BCUT2D eigenvalue weighted by Crippen LogP contribution is 2.12. The van der Waals surface area contributed by atoms with Gasteiger partial charge in [0.1, 0.15) is 0 Å². The fourth-order valence-electron chi connectivity index (χ4n) is 0.800. The normalized spacial score (nSPS) is 10.7. The van der Waals surface area contributed by atoms with Gasteiger partial charge in [-0.3, -0.25) is 4.79 Å². The summed E-state index contributed by atoms with van der Waals surface area (Å²) in [6, 6.07) is 0. The van der Waals surface area contributed by atoms with Gasteiger partial charge in [-0.25, -0.2) is 4.98 Å². The first kappa shape index (κ1) is 8.93. The van der Waals surface area contributed by atoms with E-state index in [4.69, 9.17) is 5.73 Å². The molecule has 0 saturated heterocycles. The third-order valence-electron chi connectivity index (χ3n) is 1.32. The molecule has 0 saturated carbocycles. The minimum Gasteiger partial charge on any atom is -0.375 e. The van der Waals surface area contributed by atoms with E-state index in [1.165, 1.54) is 17.4 Å². The average molecular weight is 181 g/mol. The van der Waals surface area contributed by atoms with Crippen molar-refractivity contribution in [3.8, 4) is 0 Å². The predicted octanol–water partition coefficient (Wildman–Crippen LogP) is 1.32. The van der Waals surface area contributed by atoms with E-state index in [-0.39, 0.29) is 0 Å². The van der Waals surface area contributed by atoms with Gasteiger partial charge in [0.15, 0.2) is 5.13 Å². The summed E-state index contributed by atoms with van der Waals surface area (Å²) in [6.45, 7) is 0.